The predicted octanol–water partition coefficient (Wildman–Crippen LogP) is -0.400. The number of rotatable bonds is 8. The zero-order valence-corrected chi connectivity index (χ0v) is 22.7. The van der Waals surface area contributed by atoms with Crippen molar-refractivity contribution in [3.63, 3.8) is 0 Å². The lowest BCUT2D eigenvalue weighted by molar-refractivity contribution is -0.143. The van der Waals surface area contributed by atoms with Crippen molar-refractivity contribution in [2.45, 2.75) is 68.4 Å². The molecule has 0 unspecified atom stereocenters. The van der Waals surface area contributed by atoms with Crippen molar-refractivity contribution in [2.24, 2.45) is 18.7 Å². The summed E-state index contributed by atoms with van der Waals surface area (Å²) in [5.41, 5.74) is 6.71. The zero-order valence-electron chi connectivity index (χ0n) is 21.8. The first-order valence-electron chi connectivity index (χ1n) is 13.3. The maximum Gasteiger partial charge on any atom is 0.243 e. The summed E-state index contributed by atoms with van der Waals surface area (Å²) in [6, 6.07) is 6.86. The second-order valence-corrected chi connectivity index (χ2v) is 12.7. The van der Waals surface area contributed by atoms with Crippen molar-refractivity contribution in [3.05, 3.63) is 41.7 Å². The highest BCUT2D eigenvalue weighted by molar-refractivity contribution is 7.88. The van der Waals surface area contributed by atoms with E-state index in [0.717, 1.165) is 12.8 Å². The van der Waals surface area contributed by atoms with E-state index in [9.17, 15) is 22.8 Å². The summed E-state index contributed by atoms with van der Waals surface area (Å²) in [6.45, 7) is -0.179. The number of nitrogens with zero attached hydrogens (tertiary/aromatic N) is 6. The average molecular weight is 559 g/mol. The number of Topliss-reactive ketones (excluding diaryl/α,β-unsaturated/α-hetero) is 1. The number of hydrogen-bond acceptors (Lipinski definition) is 9. The molecule has 2 aromatic rings. The molecule has 0 radical (unpaired) electrons. The average Bonchev–Trinajstić information content (AvgIpc) is 3.54. The van der Waals surface area contributed by atoms with Gasteiger partial charge in [-0.3, -0.25) is 14.4 Å². The Hall–Kier alpha value is -3.23. The Kier molecular flexibility index (Phi) is 7.78. The van der Waals surface area contributed by atoms with E-state index in [2.05, 4.69) is 20.8 Å². The molecule has 13 nitrogen and oxygen atoms in total. The number of nitrogens with one attached hydrogen (secondary N) is 1. The molecule has 1 saturated carbocycles. The van der Waals surface area contributed by atoms with Crippen molar-refractivity contribution in [1.82, 2.24) is 34.7 Å². The Balaban J connectivity index is 1.29. The Morgan fingerprint density at radius 1 is 1.10 bits per heavy atom. The maximum absolute atomic E-state index is 13.6. The van der Waals surface area contributed by atoms with Gasteiger partial charge in [-0.15, -0.1) is 5.10 Å². The monoisotopic (exact) mass is 558 g/mol. The number of sulfonamides is 1. The van der Waals surface area contributed by atoms with E-state index in [1.54, 1.807) is 31.3 Å². The van der Waals surface area contributed by atoms with Crippen LogP contribution in [0.1, 0.15) is 54.7 Å². The molecule has 1 aliphatic carbocycles. The number of hydrogen-bond donors (Lipinski definition) is 2. The number of benzene rings is 1. The van der Waals surface area contributed by atoms with Gasteiger partial charge in [0.25, 0.3) is 0 Å². The Bertz CT molecular complexity index is 1320. The highest BCUT2D eigenvalue weighted by atomic mass is 32.2. The molecule has 39 heavy (non-hydrogen) atoms. The molecular formula is C25H34N8O5S. The molecule has 2 amide bonds. The summed E-state index contributed by atoms with van der Waals surface area (Å²) in [5, 5.41) is 14.1. The first-order valence-corrected chi connectivity index (χ1v) is 14.9. The highest BCUT2D eigenvalue weighted by Crippen LogP contribution is 2.32. The summed E-state index contributed by atoms with van der Waals surface area (Å²) in [5.74, 6) is -1.49. The lowest BCUT2D eigenvalue weighted by Crippen LogP contribution is -2.61. The number of carbonyl (C=O) groups is 3. The Morgan fingerprint density at radius 2 is 1.82 bits per heavy atom. The predicted molar refractivity (Wildman–Crippen MR) is 139 cm³/mol. The van der Waals surface area contributed by atoms with Crippen LogP contribution < -0.4 is 11.1 Å². The number of tetrazole rings is 1. The number of nitrogens with two attached hydrogens (primary N) is 1. The SMILES string of the molecule is Cn1nnnc1C(=O)[C@@H](NC(=O)[C@@H]1CC[C@H]2CN(S(=O)(=O)Cc3ccccc3)CC(=O)N21)C1CCC(N)CC1. The number of carbonyl (C=O) groups excluding carboxylic acids is 3. The fourth-order valence-corrected chi connectivity index (χ4v) is 7.52. The first kappa shape index (κ1) is 27.3. The van der Waals surface area contributed by atoms with Crippen LogP contribution in [0.3, 0.4) is 0 Å². The molecule has 3 N–H and O–H groups in total. The van der Waals surface area contributed by atoms with Gasteiger partial charge in [0.1, 0.15) is 6.04 Å². The molecule has 210 valence electrons. The van der Waals surface area contributed by atoms with Crippen LogP contribution in [0.25, 0.3) is 0 Å². The van der Waals surface area contributed by atoms with Gasteiger partial charge in [-0.25, -0.2) is 13.1 Å². The minimum absolute atomic E-state index is 0.0489. The van der Waals surface area contributed by atoms with Crippen LogP contribution in [0.2, 0.25) is 0 Å². The van der Waals surface area contributed by atoms with Gasteiger partial charge in [0.05, 0.1) is 18.3 Å². The van der Waals surface area contributed by atoms with E-state index in [0.29, 0.717) is 31.2 Å². The number of aromatic nitrogens is 4. The van der Waals surface area contributed by atoms with E-state index in [1.807, 2.05) is 6.07 Å². The van der Waals surface area contributed by atoms with E-state index in [1.165, 1.54) is 13.9 Å². The van der Waals surface area contributed by atoms with Crippen LogP contribution in [0.5, 0.6) is 0 Å². The van der Waals surface area contributed by atoms with Gasteiger partial charge in [-0.2, -0.15) is 4.31 Å². The van der Waals surface area contributed by atoms with Crippen LogP contribution >= 0.6 is 0 Å². The van der Waals surface area contributed by atoms with Crippen molar-refractivity contribution >= 4 is 27.6 Å². The standard InChI is InChI=1S/C25H34N8O5S/c1-31-24(28-29-30-31)23(35)22(17-7-9-18(26)10-8-17)27-25(36)20-12-11-19-13-32(14-21(34)33(19)20)39(37,38)15-16-5-3-2-4-6-16/h2-6,17-20,22H,7-15,26H2,1H3,(H,27,36)/t17?,18?,19-,20-,22-/m0/s1. The van der Waals surface area contributed by atoms with Gasteiger partial charge in [-0.1, -0.05) is 30.3 Å². The van der Waals surface area contributed by atoms with Crippen molar-refractivity contribution in [1.29, 1.82) is 0 Å². The topological polar surface area (TPSA) is 173 Å². The third-order valence-corrected chi connectivity index (χ3v) is 9.88. The summed E-state index contributed by atoms with van der Waals surface area (Å²) >= 11 is 0. The number of fused-ring (bicyclic) bond motifs is 1. The second kappa shape index (κ2) is 11.1. The number of amides is 2. The minimum atomic E-state index is -3.71. The van der Waals surface area contributed by atoms with Gasteiger partial charge in [0.15, 0.2) is 0 Å². The van der Waals surface area contributed by atoms with Crippen molar-refractivity contribution < 1.29 is 22.8 Å². The fourth-order valence-electron chi connectivity index (χ4n) is 6.02. The second-order valence-electron chi connectivity index (χ2n) is 10.7. The largest absolute Gasteiger partial charge is 0.344 e. The van der Waals surface area contributed by atoms with Crippen LogP contribution in [-0.2, 0) is 32.4 Å². The number of ketones is 1. The Morgan fingerprint density at radius 3 is 2.49 bits per heavy atom. The fraction of sp³-hybridized carbons (Fsp3) is 0.600. The zero-order chi connectivity index (χ0) is 27.7. The van der Waals surface area contributed by atoms with Gasteiger partial charge in [-0.05, 0) is 60.4 Å². The van der Waals surface area contributed by atoms with Crippen LogP contribution in [0.4, 0.5) is 0 Å². The molecule has 0 spiro atoms. The van der Waals surface area contributed by atoms with Gasteiger partial charge >= 0.3 is 0 Å². The molecule has 3 aliphatic rings. The smallest absolute Gasteiger partial charge is 0.243 e. The molecule has 14 heteroatoms. The normalized spacial score (nSPS) is 26.7. The molecular weight excluding hydrogens is 524 g/mol. The maximum atomic E-state index is 13.6. The molecule has 2 aliphatic heterocycles. The lowest BCUT2D eigenvalue weighted by Gasteiger charge is -2.39. The van der Waals surface area contributed by atoms with Crippen LogP contribution in [0.15, 0.2) is 30.3 Å². The van der Waals surface area contributed by atoms with E-state index >= 15 is 0 Å². The van der Waals surface area contributed by atoms with Crippen molar-refractivity contribution in [2.75, 3.05) is 13.1 Å². The van der Waals surface area contributed by atoms with Gasteiger partial charge in [0.2, 0.25) is 33.4 Å². The van der Waals surface area contributed by atoms with Crippen LogP contribution in [0, 0.1) is 5.92 Å². The Labute approximate surface area is 227 Å². The third-order valence-electron chi connectivity index (χ3n) is 8.11. The molecule has 1 aromatic heterocycles. The third kappa shape index (κ3) is 5.72. The summed E-state index contributed by atoms with van der Waals surface area (Å²) in [4.78, 5) is 41.7. The number of aryl methyl sites for hydroxylation is 1. The van der Waals surface area contributed by atoms with E-state index < -0.39 is 40.0 Å². The molecule has 0 bridgehead atoms. The molecule has 3 heterocycles. The molecule has 3 fully saturated rings. The lowest BCUT2D eigenvalue weighted by atomic mass is 9.80. The molecule has 5 rings (SSSR count). The van der Waals surface area contributed by atoms with E-state index in [4.69, 9.17) is 5.73 Å². The molecule has 1 aromatic carbocycles. The quantitative estimate of drug-likeness (QED) is 0.409. The van der Waals surface area contributed by atoms with Gasteiger partial charge in [0, 0.05) is 25.7 Å². The van der Waals surface area contributed by atoms with E-state index in [-0.39, 0.29) is 42.4 Å². The minimum Gasteiger partial charge on any atom is -0.344 e. The summed E-state index contributed by atoms with van der Waals surface area (Å²) in [7, 11) is -2.15. The highest BCUT2D eigenvalue weighted by Gasteiger charge is 2.48. The molecule has 2 saturated heterocycles. The summed E-state index contributed by atoms with van der Waals surface area (Å²) in [6.07, 6.45) is 3.71. The summed E-state index contributed by atoms with van der Waals surface area (Å²) < 4.78 is 28.7. The number of piperazine rings is 1. The first-order chi connectivity index (χ1) is 18.6. The van der Waals surface area contributed by atoms with Crippen LogP contribution in [-0.4, -0.2) is 92.7 Å². The van der Waals surface area contributed by atoms with Gasteiger partial charge < -0.3 is 16.0 Å². The van der Waals surface area contributed by atoms with Crippen molar-refractivity contribution in [3.8, 4) is 0 Å². The molecule has 3 atom stereocenters.